The molecule has 2 aliphatic rings. The van der Waals surface area contributed by atoms with E-state index in [0.717, 1.165) is 18.5 Å². The van der Waals surface area contributed by atoms with Gasteiger partial charge in [0.05, 0.1) is 20.1 Å². The average molecular weight is 436 g/mol. The molecule has 2 aromatic rings. The molecule has 166 valence electrons. The number of amides is 1. The Balaban J connectivity index is 1.86. The minimum Gasteiger partial charge on any atom is -0.497 e. The molecule has 1 atom stereocenters. The summed E-state index contributed by atoms with van der Waals surface area (Å²) < 4.78 is 24.7. The van der Waals surface area contributed by atoms with Gasteiger partial charge in [-0.1, -0.05) is 6.07 Å². The highest BCUT2D eigenvalue weighted by Crippen LogP contribution is 2.46. The number of halogens is 1. The highest BCUT2D eigenvalue weighted by Gasteiger charge is 2.40. The van der Waals surface area contributed by atoms with Gasteiger partial charge in [0, 0.05) is 40.2 Å². The van der Waals surface area contributed by atoms with E-state index in [1.807, 2.05) is 6.92 Å². The number of methoxy groups -OCH3 is 2. The Hall–Kier alpha value is -3.61. The third kappa shape index (κ3) is 3.98. The molecule has 1 aliphatic carbocycles. The molecule has 6 nitrogen and oxygen atoms in total. The van der Waals surface area contributed by atoms with E-state index in [2.05, 4.69) is 10.6 Å². The van der Waals surface area contributed by atoms with Gasteiger partial charge in [-0.2, -0.15) is 0 Å². The fourth-order valence-corrected chi connectivity index (χ4v) is 4.42. The third-order valence-electron chi connectivity index (χ3n) is 5.85. The Morgan fingerprint density at radius 1 is 1.12 bits per heavy atom. The standard InChI is InChI=1S/C25H25FN2O4/c1-14-22(25(30)28-16-7-4-6-15(26)12-16)23(24-19(27-14)8-5-9-20(24)29)18-13-17(31-2)10-11-21(18)32-3/h4,6-7,10-13,23,27H,5,8-9H2,1-3H3,(H,28,30)/t23-/m1/s1. The molecule has 2 N–H and O–H groups in total. The van der Waals surface area contributed by atoms with Crippen LogP contribution in [0.4, 0.5) is 10.1 Å². The molecule has 0 fully saturated rings. The zero-order chi connectivity index (χ0) is 22.8. The Morgan fingerprint density at radius 3 is 2.66 bits per heavy atom. The fourth-order valence-electron chi connectivity index (χ4n) is 4.42. The molecule has 0 saturated carbocycles. The lowest BCUT2D eigenvalue weighted by atomic mass is 9.74. The minimum atomic E-state index is -0.641. The minimum absolute atomic E-state index is 0.00261. The number of nitrogens with one attached hydrogen (secondary N) is 2. The first-order valence-electron chi connectivity index (χ1n) is 10.5. The Morgan fingerprint density at radius 2 is 1.94 bits per heavy atom. The number of allylic oxidation sites excluding steroid dienone is 3. The summed E-state index contributed by atoms with van der Waals surface area (Å²) in [5.74, 6) is -0.372. The monoisotopic (exact) mass is 436 g/mol. The largest absolute Gasteiger partial charge is 0.497 e. The topological polar surface area (TPSA) is 76.7 Å². The molecule has 0 radical (unpaired) electrons. The van der Waals surface area contributed by atoms with Gasteiger partial charge in [0.2, 0.25) is 0 Å². The molecule has 32 heavy (non-hydrogen) atoms. The summed E-state index contributed by atoms with van der Waals surface area (Å²) in [5, 5.41) is 6.05. The van der Waals surface area contributed by atoms with Crippen molar-refractivity contribution >= 4 is 17.4 Å². The van der Waals surface area contributed by atoms with Crippen molar-refractivity contribution in [2.75, 3.05) is 19.5 Å². The first-order chi connectivity index (χ1) is 15.4. The van der Waals surface area contributed by atoms with Crippen molar-refractivity contribution in [2.45, 2.75) is 32.1 Å². The summed E-state index contributed by atoms with van der Waals surface area (Å²) in [7, 11) is 3.11. The molecular formula is C25H25FN2O4. The third-order valence-corrected chi connectivity index (χ3v) is 5.85. The van der Waals surface area contributed by atoms with Gasteiger partial charge in [-0.15, -0.1) is 0 Å². The van der Waals surface area contributed by atoms with E-state index in [1.54, 1.807) is 38.5 Å². The first-order valence-corrected chi connectivity index (χ1v) is 10.5. The fraction of sp³-hybridized carbons (Fsp3) is 0.280. The summed E-state index contributed by atoms with van der Waals surface area (Å²) in [6.45, 7) is 1.81. The number of Topliss-reactive ketones (excluding diaryl/α,β-unsaturated/α-hetero) is 1. The number of hydrogen-bond donors (Lipinski definition) is 2. The number of carbonyl (C=O) groups excluding carboxylic acids is 2. The summed E-state index contributed by atoms with van der Waals surface area (Å²) in [6, 6.07) is 11.0. The maximum absolute atomic E-state index is 13.7. The quantitative estimate of drug-likeness (QED) is 0.724. The lowest BCUT2D eigenvalue weighted by Gasteiger charge is -2.35. The molecule has 1 heterocycles. The molecule has 4 rings (SSSR count). The predicted molar refractivity (Wildman–Crippen MR) is 119 cm³/mol. The molecular weight excluding hydrogens is 411 g/mol. The maximum atomic E-state index is 13.7. The summed E-state index contributed by atoms with van der Waals surface area (Å²) in [5.41, 5.74) is 3.42. The summed E-state index contributed by atoms with van der Waals surface area (Å²) in [4.78, 5) is 26.5. The number of rotatable bonds is 5. The summed E-state index contributed by atoms with van der Waals surface area (Å²) in [6.07, 6.45) is 1.89. The van der Waals surface area contributed by atoms with Crippen molar-refractivity contribution in [1.29, 1.82) is 0 Å². The Bertz CT molecular complexity index is 1150. The van der Waals surface area contributed by atoms with Crippen molar-refractivity contribution in [3.8, 4) is 11.5 Å². The van der Waals surface area contributed by atoms with Crippen molar-refractivity contribution in [2.24, 2.45) is 0 Å². The molecule has 0 bridgehead atoms. The van der Waals surface area contributed by atoms with Crippen molar-refractivity contribution in [3.05, 3.63) is 76.4 Å². The maximum Gasteiger partial charge on any atom is 0.254 e. The molecule has 2 aromatic carbocycles. The molecule has 0 saturated heterocycles. The van der Waals surface area contributed by atoms with E-state index in [9.17, 15) is 14.0 Å². The number of ketones is 1. The van der Waals surface area contributed by atoms with Crippen LogP contribution in [-0.2, 0) is 9.59 Å². The van der Waals surface area contributed by atoms with E-state index in [4.69, 9.17) is 9.47 Å². The van der Waals surface area contributed by atoms with Crippen LogP contribution in [0.25, 0.3) is 0 Å². The van der Waals surface area contributed by atoms with Gasteiger partial charge in [0.1, 0.15) is 17.3 Å². The second kappa shape index (κ2) is 8.86. The van der Waals surface area contributed by atoms with E-state index >= 15 is 0 Å². The normalized spacial score (nSPS) is 18.1. The van der Waals surface area contributed by atoms with Gasteiger partial charge in [0.25, 0.3) is 5.91 Å². The van der Waals surface area contributed by atoms with E-state index in [1.165, 1.54) is 18.2 Å². The van der Waals surface area contributed by atoms with Crippen LogP contribution < -0.4 is 20.1 Å². The number of hydrogen-bond acceptors (Lipinski definition) is 5. The van der Waals surface area contributed by atoms with Gasteiger partial charge < -0.3 is 20.1 Å². The highest BCUT2D eigenvalue weighted by atomic mass is 19.1. The Kier molecular flexibility index (Phi) is 5.99. The zero-order valence-corrected chi connectivity index (χ0v) is 18.3. The molecule has 0 aromatic heterocycles. The zero-order valence-electron chi connectivity index (χ0n) is 18.3. The van der Waals surface area contributed by atoms with E-state index < -0.39 is 17.6 Å². The molecule has 1 amide bonds. The van der Waals surface area contributed by atoms with Crippen molar-refractivity contribution in [1.82, 2.24) is 5.32 Å². The summed E-state index contributed by atoms with van der Waals surface area (Å²) >= 11 is 0. The Labute approximate surface area is 186 Å². The van der Waals surface area contributed by atoms with Crippen LogP contribution in [0.5, 0.6) is 11.5 Å². The smallest absolute Gasteiger partial charge is 0.254 e. The van der Waals surface area contributed by atoms with E-state index in [-0.39, 0.29) is 5.78 Å². The van der Waals surface area contributed by atoms with Gasteiger partial charge in [-0.05, 0) is 56.2 Å². The van der Waals surface area contributed by atoms with Crippen LogP contribution in [0, 0.1) is 5.82 Å². The predicted octanol–water partition coefficient (Wildman–Crippen LogP) is 4.45. The first kappa shape index (κ1) is 21.6. The number of dihydropyridines is 1. The van der Waals surface area contributed by atoms with Crippen molar-refractivity contribution in [3.63, 3.8) is 0 Å². The number of anilines is 1. The van der Waals surface area contributed by atoms with Gasteiger partial charge in [0.15, 0.2) is 5.78 Å². The molecule has 0 unspecified atom stereocenters. The van der Waals surface area contributed by atoms with Crippen LogP contribution in [0.3, 0.4) is 0 Å². The second-order valence-corrected chi connectivity index (χ2v) is 7.84. The van der Waals surface area contributed by atoms with Crippen LogP contribution in [0.15, 0.2) is 65.0 Å². The van der Waals surface area contributed by atoms with Crippen molar-refractivity contribution < 1.29 is 23.5 Å². The van der Waals surface area contributed by atoms with E-state index in [0.29, 0.717) is 46.0 Å². The van der Waals surface area contributed by atoms with Gasteiger partial charge in [-0.3, -0.25) is 9.59 Å². The number of benzene rings is 2. The number of ether oxygens (including phenoxy) is 2. The molecule has 0 spiro atoms. The molecule has 1 aliphatic heterocycles. The van der Waals surface area contributed by atoms with Gasteiger partial charge >= 0.3 is 0 Å². The van der Waals surface area contributed by atoms with Gasteiger partial charge in [-0.25, -0.2) is 4.39 Å². The van der Waals surface area contributed by atoms with Crippen LogP contribution in [0.1, 0.15) is 37.7 Å². The molecule has 7 heteroatoms. The SMILES string of the molecule is COc1ccc(OC)c([C@@H]2C(C(=O)Nc3cccc(F)c3)=C(C)NC3=C2C(=O)CCC3)c1. The lowest BCUT2D eigenvalue weighted by molar-refractivity contribution is -0.116. The number of carbonyl (C=O) groups is 2. The highest BCUT2D eigenvalue weighted by molar-refractivity contribution is 6.10. The van der Waals surface area contributed by atoms with Crippen LogP contribution in [0.2, 0.25) is 0 Å². The second-order valence-electron chi connectivity index (χ2n) is 7.84. The van der Waals surface area contributed by atoms with Crippen LogP contribution in [-0.4, -0.2) is 25.9 Å². The van der Waals surface area contributed by atoms with Crippen LogP contribution >= 0.6 is 0 Å². The average Bonchev–Trinajstić information content (AvgIpc) is 2.77. The lowest BCUT2D eigenvalue weighted by Crippen LogP contribution is -2.35.